The quantitative estimate of drug-likeness (QED) is 0.837. The Morgan fingerprint density at radius 3 is 2.88 bits per heavy atom. The third-order valence-electron chi connectivity index (χ3n) is 4.19. The highest BCUT2D eigenvalue weighted by atomic mass is 32.2. The van der Waals surface area contributed by atoms with Gasteiger partial charge in [-0.25, -0.2) is 13.4 Å². The van der Waals surface area contributed by atoms with Crippen molar-refractivity contribution >= 4 is 21.4 Å². The van der Waals surface area contributed by atoms with E-state index >= 15 is 0 Å². The topological polar surface area (TPSA) is 109 Å². The van der Waals surface area contributed by atoms with Crippen molar-refractivity contribution in [2.75, 3.05) is 18.1 Å². The van der Waals surface area contributed by atoms with E-state index in [0.717, 1.165) is 10.6 Å². The lowest BCUT2D eigenvalue weighted by molar-refractivity contribution is 0.0706. The lowest BCUT2D eigenvalue weighted by Crippen LogP contribution is -2.43. The number of carbonyl (C=O) groups is 1. The average Bonchev–Trinajstić information content (AvgIpc) is 2.89. The summed E-state index contributed by atoms with van der Waals surface area (Å²) in [6.45, 7) is 2.03. The van der Waals surface area contributed by atoms with E-state index in [9.17, 15) is 23.1 Å². The molecule has 0 unspecified atom stereocenters. The number of aromatic hydroxyl groups is 1. The summed E-state index contributed by atoms with van der Waals surface area (Å²) in [6, 6.07) is 2.43. The van der Waals surface area contributed by atoms with Gasteiger partial charge in [-0.2, -0.15) is 0 Å². The number of aromatic nitrogens is 2. The van der Waals surface area contributed by atoms with Crippen LogP contribution < -0.4 is 5.56 Å². The Hall–Kier alpha value is -2.42. The fourth-order valence-corrected chi connectivity index (χ4v) is 4.71. The minimum absolute atomic E-state index is 0.0459. The molecule has 3 heterocycles. The number of sulfone groups is 1. The molecule has 2 aromatic heterocycles. The van der Waals surface area contributed by atoms with Crippen molar-refractivity contribution in [3.63, 3.8) is 0 Å². The van der Waals surface area contributed by atoms with E-state index in [1.54, 1.807) is 6.92 Å². The molecule has 2 aromatic rings. The van der Waals surface area contributed by atoms with Crippen molar-refractivity contribution in [1.29, 1.82) is 0 Å². The first-order valence-corrected chi connectivity index (χ1v) is 9.37. The molecule has 8 nitrogen and oxygen atoms in total. The van der Waals surface area contributed by atoms with Gasteiger partial charge in [0.25, 0.3) is 11.5 Å². The molecule has 3 rings (SSSR count). The molecular formula is C15H17N3O5S. The smallest absolute Gasteiger partial charge is 0.270 e. The van der Waals surface area contributed by atoms with Gasteiger partial charge in [-0.3, -0.25) is 14.0 Å². The molecule has 1 saturated heterocycles. The first-order chi connectivity index (χ1) is 11.3. The summed E-state index contributed by atoms with van der Waals surface area (Å²) in [6.07, 6.45) is 2.91. The van der Waals surface area contributed by atoms with E-state index in [1.807, 2.05) is 0 Å². The van der Waals surface area contributed by atoms with Crippen LogP contribution in [0.5, 0.6) is 5.75 Å². The van der Waals surface area contributed by atoms with Gasteiger partial charge in [-0.1, -0.05) is 0 Å². The minimum Gasteiger partial charge on any atom is -0.504 e. The summed E-state index contributed by atoms with van der Waals surface area (Å²) in [7, 11) is -3.14. The van der Waals surface area contributed by atoms with E-state index in [4.69, 9.17) is 0 Å². The number of pyridine rings is 1. The SMILES string of the molecule is CCN(C(=O)c1cnc2c(O)cccn2c1=O)[C@@H]1CCS(=O)(=O)C1. The Kier molecular flexibility index (Phi) is 4.04. The van der Waals surface area contributed by atoms with Gasteiger partial charge in [-0.15, -0.1) is 0 Å². The number of fused-ring (bicyclic) bond motifs is 1. The zero-order valence-corrected chi connectivity index (χ0v) is 13.9. The standard InChI is InChI=1S/C15H17N3O5S/c1-2-17(10-5-7-24(22,23)9-10)14(20)11-8-16-13-12(19)4-3-6-18(13)15(11)21/h3-4,6,8,10,19H,2,5,7,9H2,1H3/t10-/m1/s1. The van der Waals surface area contributed by atoms with Crippen LogP contribution in [0.25, 0.3) is 5.65 Å². The van der Waals surface area contributed by atoms with Crippen molar-refractivity contribution in [3.05, 3.63) is 40.4 Å². The van der Waals surface area contributed by atoms with Crippen LogP contribution in [-0.2, 0) is 9.84 Å². The summed E-state index contributed by atoms with van der Waals surface area (Å²) in [5.41, 5.74) is -0.685. The fourth-order valence-electron chi connectivity index (χ4n) is 2.98. The van der Waals surface area contributed by atoms with Gasteiger partial charge in [0, 0.05) is 25.0 Å². The molecule has 0 spiro atoms. The summed E-state index contributed by atoms with van der Waals surface area (Å²) in [5.74, 6) is -0.752. The normalized spacial score (nSPS) is 19.5. The molecule has 1 aliphatic rings. The molecule has 0 radical (unpaired) electrons. The first-order valence-electron chi connectivity index (χ1n) is 7.55. The van der Waals surface area contributed by atoms with Gasteiger partial charge >= 0.3 is 0 Å². The lowest BCUT2D eigenvalue weighted by Gasteiger charge is -2.26. The largest absolute Gasteiger partial charge is 0.504 e. The van der Waals surface area contributed by atoms with E-state index in [2.05, 4.69) is 4.98 Å². The maximum Gasteiger partial charge on any atom is 0.270 e. The Morgan fingerprint density at radius 2 is 2.25 bits per heavy atom. The van der Waals surface area contributed by atoms with Gasteiger partial charge in [0.15, 0.2) is 21.2 Å². The van der Waals surface area contributed by atoms with E-state index in [-0.39, 0.29) is 28.5 Å². The van der Waals surface area contributed by atoms with Crippen LogP contribution in [0.1, 0.15) is 23.7 Å². The van der Waals surface area contributed by atoms with Gasteiger partial charge in [0.2, 0.25) is 0 Å². The van der Waals surface area contributed by atoms with Gasteiger partial charge in [0.05, 0.1) is 11.5 Å². The summed E-state index contributed by atoms with van der Waals surface area (Å²) in [4.78, 5) is 30.7. The highest BCUT2D eigenvalue weighted by Crippen LogP contribution is 2.19. The summed E-state index contributed by atoms with van der Waals surface area (Å²) in [5, 5.41) is 9.73. The number of hydrogen-bond acceptors (Lipinski definition) is 6. The number of amides is 1. The van der Waals surface area contributed by atoms with Crippen LogP contribution in [0.3, 0.4) is 0 Å². The molecule has 1 atom stereocenters. The van der Waals surface area contributed by atoms with E-state index < -0.39 is 27.3 Å². The van der Waals surface area contributed by atoms with Gasteiger partial charge < -0.3 is 10.0 Å². The second-order valence-electron chi connectivity index (χ2n) is 5.71. The second kappa shape index (κ2) is 5.90. The Labute approximate surface area is 138 Å². The van der Waals surface area contributed by atoms with Crippen LogP contribution in [0.15, 0.2) is 29.3 Å². The summed E-state index contributed by atoms with van der Waals surface area (Å²) < 4.78 is 24.4. The Morgan fingerprint density at radius 1 is 1.50 bits per heavy atom. The minimum atomic E-state index is -3.14. The predicted octanol–water partition coefficient (Wildman–Crippen LogP) is 0.0493. The molecule has 1 amide bonds. The average molecular weight is 351 g/mol. The molecule has 9 heteroatoms. The van der Waals surface area contributed by atoms with E-state index in [1.165, 1.54) is 23.2 Å². The number of nitrogens with zero attached hydrogens (tertiary/aromatic N) is 3. The Bertz CT molecular complexity index is 967. The molecule has 1 fully saturated rings. The molecule has 1 N–H and O–H groups in total. The second-order valence-corrected chi connectivity index (χ2v) is 7.94. The van der Waals surface area contributed by atoms with Crippen molar-refractivity contribution in [2.24, 2.45) is 0 Å². The van der Waals surface area contributed by atoms with Crippen molar-refractivity contribution in [1.82, 2.24) is 14.3 Å². The molecular weight excluding hydrogens is 334 g/mol. The monoisotopic (exact) mass is 351 g/mol. The van der Waals surface area contributed by atoms with Crippen molar-refractivity contribution in [2.45, 2.75) is 19.4 Å². The van der Waals surface area contributed by atoms with Crippen LogP contribution in [0.2, 0.25) is 0 Å². The fraction of sp³-hybridized carbons (Fsp3) is 0.400. The molecule has 0 aliphatic carbocycles. The third kappa shape index (κ3) is 2.75. The van der Waals surface area contributed by atoms with E-state index in [0.29, 0.717) is 13.0 Å². The van der Waals surface area contributed by atoms with Crippen LogP contribution in [0, 0.1) is 0 Å². The number of carbonyl (C=O) groups excluding carboxylic acids is 1. The maximum absolute atomic E-state index is 12.7. The summed E-state index contributed by atoms with van der Waals surface area (Å²) >= 11 is 0. The molecule has 1 aliphatic heterocycles. The van der Waals surface area contributed by atoms with Crippen molar-refractivity contribution in [3.8, 4) is 5.75 Å². The molecule has 0 aromatic carbocycles. The van der Waals surface area contributed by atoms with Crippen LogP contribution in [0.4, 0.5) is 0 Å². The Balaban J connectivity index is 2.02. The van der Waals surface area contributed by atoms with Gasteiger partial charge in [-0.05, 0) is 25.5 Å². The third-order valence-corrected chi connectivity index (χ3v) is 5.94. The number of rotatable bonds is 3. The zero-order chi connectivity index (χ0) is 17.5. The molecule has 24 heavy (non-hydrogen) atoms. The lowest BCUT2D eigenvalue weighted by atomic mass is 10.2. The van der Waals surface area contributed by atoms with Crippen LogP contribution >= 0.6 is 0 Å². The highest BCUT2D eigenvalue weighted by Gasteiger charge is 2.35. The zero-order valence-electron chi connectivity index (χ0n) is 13.0. The molecule has 0 saturated carbocycles. The van der Waals surface area contributed by atoms with Crippen molar-refractivity contribution < 1.29 is 18.3 Å². The maximum atomic E-state index is 12.7. The molecule has 0 bridgehead atoms. The van der Waals surface area contributed by atoms with Gasteiger partial charge in [0.1, 0.15) is 5.56 Å². The number of hydrogen-bond donors (Lipinski definition) is 1. The highest BCUT2D eigenvalue weighted by molar-refractivity contribution is 7.91. The van der Waals surface area contributed by atoms with Crippen LogP contribution in [-0.4, -0.2) is 57.8 Å². The first kappa shape index (κ1) is 16.4. The molecule has 128 valence electrons. The predicted molar refractivity (Wildman–Crippen MR) is 86.9 cm³/mol.